The number of anilines is 1. The lowest BCUT2D eigenvalue weighted by molar-refractivity contribution is 0.690. The summed E-state index contributed by atoms with van der Waals surface area (Å²) in [6.07, 6.45) is 3.89. The average Bonchev–Trinajstić information content (AvgIpc) is 3.13. The minimum absolute atomic E-state index is 0.462. The van der Waals surface area contributed by atoms with E-state index in [-0.39, 0.29) is 0 Å². The van der Waals surface area contributed by atoms with Gasteiger partial charge >= 0.3 is 0 Å². The zero-order valence-corrected chi connectivity index (χ0v) is 9.89. The van der Waals surface area contributed by atoms with Crippen LogP contribution in [0, 0.1) is 5.92 Å². The van der Waals surface area contributed by atoms with Gasteiger partial charge in [0.1, 0.15) is 0 Å². The van der Waals surface area contributed by atoms with E-state index in [1.54, 1.807) is 0 Å². The monoisotopic (exact) mass is 220 g/mol. The Morgan fingerprint density at radius 2 is 2.19 bits per heavy atom. The minimum Gasteiger partial charge on any atom is -0.355 e. The molecule has 1 heterocycles. The van der Waals surface area contributed by atoms with E-state index in [1.807, 2.05) is 12.1 Å². The molecule has 4 nitrogen and oxygen atoms in total. The second kappa shape index (κ2) is 5.25. The molecule has 1 aliphatic carbocycles. The Labute approximate surface area is 96.9 Å². The van der Waals surface area contributed by atoms with E-state index >= 15 is 0 Å². The van der Waals surface area contributed by atoms with Crippen LogP contribution in [-0.2, 0) is 6.54 Å². The molecule has 4 heteroatoms. The van der Waals surface area contributed by atoms with Crippen molar-refractivity contribution >= 4 is 5.82 Å². The predicted molar refractivity (Wildman–Crippen MR) is 65.2 cm³/mol. The van der Waals surface area contributed by atoms with Crippen LogP contribution in [0.2, 0.25) is 0 Å². The quantitative estimate of drug-likeness (QED) is 0.790. The molecule has 2 rings (SSSR count). The molecular formula is C12H20N4. The first kappa shape index (κ1) is 11.3. The maximum absolute atomic E-state index is 5.51. The molecule has 1 aromatic rings. The average molecular weight is 220 g/mol. The van der Waals surface area contributed by atoms with E-state index in [0.29, 0.717) is 6.54 Å². The summed E-state index contributed by atoms with van der Waals surface area (Å²) in [7, 11) is 0. The number of nitrogens with zero attached hydrogens (tertiary/aromatic N) is 3. The summed E-state index contributed by atoms with van der Waals surface area (Å²) in [5, 5.41) is 8.36. The zero-order valence-electron chi connectivity index (χ0n) is 9.89. The standard InChI is InChI=1S/C12H20N4/c1-2-7-16(9-10-3-4-10)12-6-5-11(8-13)14-15-12/h5-6,10H,2-4,7-9,13H2,1H3. The van der Waals surface area contributed by atoms with Gasteiger partial charge in [-0.2, -0.15) is 5.10 Å². The molecule has 16 heavy (non-hydrogen) atoms. The fourth-order valence-electron chi connectivity index (χ4n) is 1.81. The molecule has 88 valence electrons. The van der Waals surface area contributed by atoms with Crippen LogP contribution in [0.15, 0.2) is 12.1 Å². The van der Waals surface area contributed by atoms with Gasteiger partial charge in [0.25, 0.3) is 0 Å². The summed E-state index contributed by atoms with van der Waals surface area (Å²) in [5.41, 5.74) is 6.36. The third-order valence-electron chi connectivity index (χ3n) is 2.91. The maximum Gasteiger partial charge on any atom is 0.151 e. The Hall–Kier alpha value is -1.16. The van der Waals surface area contributed by atoms with Gasteiger partial charge in [0.15, 0.2) is 5.82 Å². The number of hydrogen-bond donors (Lipinski definition) is 1. The smallest absolute Gasteiger partial charge is 0.151 e. The summed E-state index contributed by atoms with van der Waals surface area (Å²) in [6.45, 7) is 4.85. The van der Waals surface area contributed by atoms with Crippen molar-refractivity contribution in [3.05, 3.63) is 17.8 Å². The molecular weight excluding hydrogens is 200 g/mol. The number of aromatic nitrogens is 2. The Morgan fingerprint density at radius 3 is 2.69 bits per heavy atom. The van der Waals surface area contributed by atoms with Gasteiger partial charge in [-0.1, -0.05) is 6.92 Å². The highest BCUT2D eigenvalue weighted by Gasteiger charge is 2.24. The molecule has 0 radical (unpaired) electrons. The molecule has 0 bridgehead atoms. The van der Waals surface area contributed by atoms with Gasteiger partial charge in [0, 0.05) is 19.6 Å². The van der Waals surface area contributed by atoms with Crippen molar-refractivity contribution < 1.29 is 0 Å². The normalized spacial score (nSPS) is 15.1. The van der Waals surface area contributed by atoms with Gasteiger partial charge in [0.05, 0.1) is 5.69 Å². The van der Waals surface area contributed by atoms with Gasteiger partial charge in [-0.05, 0) is 37.3 Å². The molecule has 0 atom stereocenters. The first-order valence-corrected chi connectivity index (χ1v) is 6.11. The molecule has 2 N–H and O–H groups in total. The van der Waals surface area contributed by atoms with E-state index in [4.69, 9.17) is 5.73 Å². The molecule has 1 aromatic heterocycles. The maximum atomic E-state index is 5.51. The third-order valence-corrected chi connectivity index (χ3v) is 2.91. The van der Waals surface area contributed by atoms with Crippen molar-refractivity contribution in [1.82, 2.24) is 10.2 Å². The first-order chi connectivity index (χ1) is 7.83. The zero-order chi connectivity index (χ0) is 11.4. The van der Waals surface area contributed by atoms with Crippen LogP contribution in [0.5, 0.6) is 0 Å². The van der Waals surface area contributed by atoms with Crippen LogP contribution in [0.4, 0.5) is 5.82 Å². The van der Waals surface area contributed by atoms with Gasteiger partial charge in [0.2, 0.25) is 0 Å². The molecule has 0 spiro atoms. The molecule has 1 saturated carbocycles. The van der Waals surface area contributed by atoms with Crippen molar-refractivity contribution in [3.63, 3.8) is 0 Å². The Morgan fingerprint density at radius 1 is 1.38 bits per heavy atom. The van der Waals surface area contributed by atoms with Gasteiger partial charge in [-0.15, -0.1) is 5.10 Å². The first-order valence-electron chi connectivity index (χ1n) is 6.11. The minimum atomic E-state index is 0.462. The SMILES string of the molecule is CCCN(CC1CC1)c1ccc(CN)nn1. The number of hydrogen-bond acceptors (Lipinski definition) is 4. The molecule has 0 aromatic carbocycles. The van der Waals surface area contributed by atoms with Crippen molar-refractivity contribution in [1.29, 1.82) is 0 Å². The van der Waals surface area contributed by atoms with Crippen LogP contribution < -0.4 is 10.6 Å². The molecule has 0 aliphatic heterocycles. The molecule has 1 aliphatic rings. The third kappa shape index (κ3) is 2.92. The van der Waals surface area contributed by atoms with Crippen molar-refractivity contribution in [2.75, 3.05) is 18.0 Å². The molecule has 0 saturated heterocycles. The van der Waals surface area contributed by atoms with E-state index in [2.05, 4.69) is 22.0 Å². The molecule has 0 amide bonds. The van der Waals surface area contributed by atoms with Crippen LogP contribution in [0.1, 0.15) is 31.9 Å². The summed E-state index contributed by atoms with van der Waals surface area (Å²) in [5.74, 6) is 1.87. The summed E-state index contributed by atoms with van der Waals surface area (Å²) in [4.78, 5) is 2.34. The number of nitrogens with two attached hydrogens (primary N) is 1. The van der Waals surface area contributed by atoms with Crippen molar-refractivity contribution in [2.24, 2.45) is 11.7 Å². The van der Waals surface area contributed by atoms with Crippen molar-refractivity contribution in [2.45, 2.75) is 32.7 Å². The second-order valence-electron chi connectivity index (χ2n) is 4.48. The second-order valence-corrected chi connectivity index (χ2v) is 4.48. The highest BCUT2D eigenvalue weighted by Crippen LogP contribution is 2.30. The summed E-state index contributed by atoms with van der Waals surface area (Å²) in [6, 6.07) is 4.01. The molecule has 1 fully saturated rings. The van der Waals surface area contributed by atoms with Gasteiger partial charge in [-0.25, -0.2) is 0 Å². The topological polar surface area (TPSA) is 55.0 Å². The van der Waals surface area contributed by atoms with E-state index < -0.39 is 0 Å². The highest BCUT2D eigenvalue weighted by atomic mass is 15.3. The van der Waals surface area contributed by atoms with E-state index in [9.17, 15) is 0 Å². The highest BCUT2D eigenvalue weighted by molar-refractivity contribution is 5.37. The molecule has 0 unspecified atom stereocenters. The Balaban J connectivity index is 2.03. The lowest BCUT2D eigenvalue weighted by Crippen LogP contribution is -2.27. The fraction of sp³-hybridized carbons (Fsp3) is 0.667. The number of rotatable bonds is 6. The predicted octanol–water partition coefficient (Wildman–Crippen LogP) is 1.56. The van der Waals surface area contributed by atoms with Gasteiger partial charge < -0.3 is 10.6 Å². The van der Waals surface area contributed by atoms with Gasteiger partial charge in [-0.3, -0.25) is 0 Å². The fourth-order valence-corrected chi connectivity index (χ4v) is 1.81. The van der Waals surface area contributed by atoms with Crippen LogP contribution in [-0.4, -0.2) is 23.3 Å². The summed E-state index contributed by atoms with van der Waals surface area (Å²) >= 11 is 0. The van der Waals surface area contributed by atoms with E-state index in [0.717, 1.165) is 36.9 Å². The lowest BCUT2D eigenvalue weighted by atomic mass is 10.3. The largest absolute Gasteiger partial charge is 0.355 e. The van der Waals surface area contributed by atoms with E-state index in [1.165, 1.54) is 12.8 Å². The van der Waals surface area contributed by atoms with Crippen LogP contribution in [0.25, 0.3) is 0 Å². The summed E-state index contributed by atoms with van der Waals surface area (Å²) < 4.78 is 0. The Kier molecular flexibility index (Phi) is 3.72. The van der Waals surface area contributed by atoms with Crippen LogP contribution >= 0.6 is 0 Å². The van der Waals surface area contributed by atoms with Crippen molar-refractivity contribution in [3.8, 4) is 0 Å². The lowest BCUT2D eigenvalue weighted by Gasteiger charge is -2.22. The van der Waals surface area contributed by atoms with Crippen LogP contribution in [0.3, 0.4) is 0 Å². The Bertz CT molecular complexity index is 318.